The number of nitrogens with one attached hydrogen (secondary N) is 2. The molecule has 3 aromatic rings. The molecular weight excluding hydrogens is 452 g/mol. The van der Waals surface area contributed by atoms with Gasteiger partial charge in [-0.25, -0.2) is 8.42 Å². The smallest absolute Gasteiger partial charge is 0.257 e. The minimum atomic E-state index is -3.68. The Balaban J connectivity index is 1.54. The summed E-state index contributed by atoms with van der Waals surface area (Å²) in [5.74, 6) is 0.404. The Morgan fingerprint density at radius 1 is 1.09 bits per heavy atom. The van der Waals surface area contributed by atoms with Crippen LogP contribution in [0.5, 0.6) is 0 Å². The van der Waals surface area contributed by atoms with Gasteiger partial charge in [0.1, 0.15) is 5.78 Å². The third-order valence-electron chi connectivity index (χ3n) is 6.22. The number of para-hydroxylation sites is 1. The van der Waals surface area contributed by atoms with E-state index in [-0.39, 0.29) is 27.4 Å². The third-order valence-corrected chi connectivity index (χ3v) is 8.09. The second-order valence-corrected chi connectivity index (χ2v) is 10.5. The molecule has 0 atom stereocenters. The number of Topliss-reactive ketones (excluding diaryl/α,β-unsaturated/α-hetero) is 1. The van der Waals surface area contributed by atoms with Crippen molar-refractivity contribution in [3.8, 4) is 0 Å². The quantitative estimate of drug-likeness (QED) is 0.429. The predicted octanol–water partition coefficient (Wildman–Crippen LogP) is 4.09. The van der Waals surface area contributed by atoms with E-state index >= 15 is 0 Å². The Bertz CT molecular complexity index is 1430. The van der Waals surface area contributed by atoms with Crippen molar-refractivity contribution in [1.82, 2.24) is 9.78 Å². The van der Waals surface area contributed by atoms with Crippen LogP contribution in [0.25, 0.3) is 5.57 Å². The highest BCUT2D eigenvalue weighted by molar-refractivity contribution is 7.92. The highest BCUT2D eigenvalue weighted by Gasteiger charge is 2.30. The van der Waals surface area contributed by atoms with Crippen LogP contribution < -0.4 is 10.6 Å². The first-order valence-electron chi connectivity index (χ1n) is 11.1. The third kappa shape index (κ3) is 4.14. The number of anilines is 3. The summed E-state index contributed by atoms with van der Waals surface area (Å²) in [6.07, 6.45) is 6.00. The Morgan fingerprint density at radius 2 is 1.82 bits per heavy atom. The first-order valence-corrected chi connectivity index (χ1v) is 12.6. The molecule has 1 aliphatic carbocycles. The van der Waals surface area contributed by atoms with Gasteiger partial charge in [0.2, 0.25) is 9.84 Å². The van der Waals surface area contributed by atoms with Crippen molar-refractivity contribution in [3.05, 3.63) is 66.4 Å². The molecule has 5 rings (SSSR count). The Morgan fingerprint density at radius 3 is 2.56 bits per heavy atom. The molecule has 0 spiro atoms. The second kappa shape index (κ2) is 8.57. The standard InChI is InChI=1S/C25H24N4O4S/c1-29-13-12-24(28-29)27-25(31)19(14-16-6-9-18(30)10-7-16)17-8-11-23-21(15-17)26-20-4-2-3-5-22(20)34(23,32)33/h2-5,8,11-16,26H,6-7,9-10H2,1H3,(H,27,28,31). The molecule has 8 nitrogen and oxygen atoms in total. The fraction of sp³-hybridized carbons (Fsp3) is 0.240. The summed E-state index contributed by atoms with van der Waals surface area (Å²) in [5.41, 5.74) is 1.94. The summed E-state index contributed by atoms with van der Waals surface area (Å²) in [6.45, 7) is 0. The SMILES string of the molecule is Cn1ccc(NC(=O)C(=CC2CCC(=O)CC2)c2ccc3c(c2)Nc2ccccc2S3(=O)=O)n1. The summed E-state index contributed by atoms with van der Waals surface area (Å²) in [6, 6.07) is 13.3. The van der Waals surface area contributed by atoms with Crippen LogP contribution in [0, 0.1) is 5.92 Å². The molecule has 1 fully saturated rings. The van der Waals surface area contributed by atoms with E-state index in [2.05, 4.69) is 15.7 Å². The fourth-order valence-electron chi connectivity index (χ4n) is 4.43. The van der Waals surface area contributed by atoms with Gasteiger partial charge in [0.15, 0.2) is 5.82 Å². The van der Waals surface area contributed by atoms with Crippen molar-refractivity contribution >= 4 is 44.3 Å². The topological polar surface area (TPSA) is 110 Å². The van der Waals surface area contributed by atoms with Crippen LogP contribution in [0.4, 0.5) is 17.2 Å². The molecule has 1 amide bonds. The van der Waals surface area contributed by atoms with Crippen LogP contribution in [0.1, 0.15) is 31.2 Å². The average molecular weight is 477 g/mol. The molecule has 0 saturated heterocycles. The van der Waals surface area contributed by atoms with Gasteiger partial charge in [-0.1, -0.05) is 24.3 Å². The van der Waals surface area contributed by atoms with E-state index in [1.807, 2.05) is 6.08 Å². The summed E-state index contributed by atoms with van der Waals surface area (Å²) in [5, 5.41) is 10.2. The number of aryl methyl sites for hydroxylation is 1. The number of carbonyl (C=O) groups is 2. The first kappa shape index (κ1) is 22.1. The van der Waals surface area contributed by atoms with Crippen LogP contribution in [-0.2, 0) is 26.5 Å². The van der Waals surface area contributed by atoms with Crippen molar-refractivity contribution in [3.63, 3.8) is 0 Å². The van der Waals surface area contributed by atoms with Crippen molar-refractivity contribution < 1.29 is 18.0 Å². The zero-order chi connectivity index (χ0) is 23.9. The number of benzene rings is 2. The van der Waals surface area contributed by atoms with Crippen LogP contribution in [0.3, 0.4) is 0 Å². The number of rotatable bonds is 4. The van der Waals surface area contributed by atoms with E-state index in [1.165, 1.54) is 6.07 Å². The molecule has 2 aliphatic rings. The van der Waals surface area contributed by atoms with E-state index in [9.17, 15) is 18.0 Å². The van der Waals surface area contributed by atoms with E-state index < -0.39 is 9.84 Å². The monoisotopic (exact) mass is 476 g/mol. The molecule has 34 heavy (non-hydrogen) atoms. The van der Waals surface area contributed by atoms with Crippen molar-refractivity contribution in [2.45, 2.75) is 35.5 Å². The van der Waals surface area contributed by atoms with Gasteiger partial charge in [0.05, 0.1) is 21.2 Å². The van der Waals surface area contributed by atoms with Gasteiger partial charge in [-0.3, -0.25) is 14.3 Å². The molecule has 1 saturated carbocycles. The molecule has 9 heteroatoms. The highest BCUT2D eigenvalue weighted by Crippen LogP contribution is 2.40. The largest absolute Gasteiger partial charge is 0.353 e. The van der Waals surface area contributed by atoms with E-state index in [0.717, 1.165) is 0 Å². The van der Waals surface area contributed by atoms with Gasteiger partial charge in [0, 0.05) is 37.7 Å². The Labute approximate surface area is 197 Å². The number of ketones is 1. The van der Waals surface area contributed by atoms with Crippen LogP contribution in [0.2, 0.25) is 0 Å². The van der Waals surface area contributed by atoms with E-state index in [0.29, 0.717) is 54.0 Å². The maximum atomic E-state index is 13.3. The van der Waals surface area contributed by atoms with Gasteiger partial charge < -0.3 is 10.6 Å². The van der Waals surface area contributed by atoms with Gasteiger partial charge >= 0.3 is 0 Å². The maximum Gasteiger partial charge on any atom is 0.257 e. The minimum absolute atomic E-state index is 0.0793. The normalized spacial score (nSPS) is 17.4. The first-order chi connectivity index (χ1) is 16.3. The van der Waals surface area contributed by atoms with Crippen LogP contribution in [-0.4, -0.2) is 29.9 Å². The molecule has 0 bridgehead atoms. The van der Waals surface area contributed by atoms with Gasteiger partial charge in [-0.05, 0) is 48.6 Å². The lowest BCUT2D eigenvalue weighted by Gasteiger charge is -2.23. The molecule has 1 aromatic heterocycles. The van der Waals surface area contributed by atoms with E-state index in [4.69, 9.17) is 0 Å². The summed E-state index contributed by atoms with van der Waals surface area (Å²) < 4.78 is 27.8. The van der Waals surface area contributed by atoms with Gasteiger partial charge in [0.25, 0.3) is 5.91 Å². The second-order valence-electron chi connectivity index (χ2n) is 8.62. The minimum Gasteiger partial charge on any atom is -0.353 e. The number of carbonyl (C=O) groups excluding carboxylic acids is 2. The van der Waals surface area contributed by atoms with Crippen molar-refractivity contribution in [2.24, 2.45) is 13.0 Å². The molecule has 0 radical (unpaired) electrons. The van der Waals surface area contributed by atoms with Crippen LogP contribution >= 0.6 is 0 Å². The molecule has 2 aromatic carbocycles. The Hall–Kier alpha value is -3.72. The number of nitrogens with zero attached hydrogens (tertiary/aromatic N) is 2. The van der Waals surface area contributed by atoms with Gasteiger partial charge in [-0.2, -0.15) is 5.10 Å². The molecule has 0 unspecified atom stereocenters. The zero-order valence-electron chi connectivity index (χ0n) is 18.6. The number of hydrogen-bond donors (Lipinski definition) is 2. The lowest BCUT2D eigenvalue weighted by molar-refractivity contribution is -0.120. The number of allylic oxidation sites excluding steroid dienone is 1. The lowest BCUT2D eigenvalue weighted by atomic mass is 9.86. The number of fused-ring (bicyclic) bond motifs is 2. The number of hydrogen-bond acceptors (Lipinski definition) is 6. The number of amides is 1. The molecule has 2 N–H and O–H groups in total. The fourth-order valence-corrected chi connectivity index (χ4v) is 5.98. The van der Waals surface area contributed by atoms with Crippen molar-refractivity contribution in [2.75, 3.05) is 10.6 Å². The van der Waals surface area contributed by atoms with Gasteiger partial charge in [-0.15, -0.1) is 0 Å². The molecule has 1 aliphatic heterocycles. The number of sulfone groups is 1. The highest BCUT2D eigenvalue weighted by atomic mass is 32.2. The maximum absolute atomic E-state index is 13.3. The molecule has 2 heterocycles. The lowest BCUT2D eigenvalue weighted by Crippen LogP contribution is -2.18. The summed E-state index contributed by atoms with van der Waals surface area (Å²) in [7, 11) is -1.91. The zero-order valence-corrected chi connectivity index (χ0v) is 19.4. The van der Waals surface area contributed by atoms with E-state index in [1.54, 1.807) is 60.4 Å². The predicted molar refractivity (Wildman–Crippen MR) is 128 cm³/mol. The summed E-state index contributed by atoms with van der Waals surface area (Å²) in [4.78, 5) is 25.4. The number of aromatic nitrogens is 2. The molecule has 174 valence electrons. The summed E-state index contributed by atoms with van der Waals surface area (Å²) >= 11 is 0. The molecular formula is C25H24N4O4S. The van der Waals surface area contributed by atoms with Crippen LogP contribution in [0.15, 0.2) is 70.6 Å². The Kier molecular flexibility index (Phi) is 5.57. The average Bonchev–Trinajstić information content (AvgIpc) is 3.22. The van der Waals surface area contributed by atoms with Crippen molar-refractivity contribution in [1.29, 1.82) is 0 Å².